The number of ether oxygens (including phenoxy) is 1. The van der Waals surface area contributed by atoms with Crippen LogP contribution in [0.4, 0.5) is 11.4 Å². The number of hydrogen-bond acceptors (Lipinski definition) is 3. The lowest BCUT2D eigenvalue weighted by atomic mass is 10.1. The average Bonchev–Trinajstić information content (AvgIpc) is 2.99. The molecule has 6 heteroatoms. The molecule has 0 saturated carbocycles. The molecule has 1 saturated heterocycles. The van der Waals surface area contributed by atoms with Crippen LogP contribution in [0.1, 0.15) is 20.3 Å². The van der Waals surface area contributed by atoms with Gasteiger partial charge in [0.15, 0.2) is 0 Å². The molecule has 1 heterocycles. The number of nitrogens with one attached hydrogen (secondary N) is 1. The summed E-state index contributed by atoms with van der Waals surface area (Å²) in [5.41, 5.74) is 1.56. The highest BCUT2D eigenvalue weighted by Gasteiger charge is 2.35. The van der Waals surface area contributed by atoms with E-state index in [0.29, 0.717) is 6.54 Å². The Labute approximate surface area is 166 Å². The summed E-state index contributed by atoms with van der Waals surface area (Å²) in [5.74, 6) is 0.253. The van der Waals surface area contributed by atoms with E-state index in [2.05, 4.69) is 27.9 Å². The number of para-hydroxylation sites is 1. The fourth-order valence-electron chi connectivity index (χ4n) is 2.91. The molecule has 1 fully saturated rings. The van der Waals surface area contributed by atoms with Gasteiger partial charge in [-0.1, -0.05) is 12.1 Å². The van der Waals surface area contributed by atoms with Gasteiger partial charge in [-0.05, 0) is 72.8 Å². The van der Waals surface area contributed by atoms with Gasteiger partial charge in [0.2, 0.25) is 11.8 Å². The Morgan fingerprint density at radius 3 is 2.54 bits per heavy atom. The number of benzene rings is 2. The van der Waals surface area contributed by atoms with Gasteiger partial charge in [-0.25, -0.2) is 0 Å². The lowest BCUT2D eigenvalue weighted by Gasteiger charge is -2.18. The molecule has 0 aromatic heterocycles. The van der Waals surface area contributed by atoms with Crippen LogP contribution in [0.2, 0.25) is 0 Å². The van der Waals surface area contributed by atoms with Crippen molar-refractivity contribution in [2.24, 2.45) is 5.92 Å². The summed E-state index contributed by atoms with van der Waals surface area (Å²) in [5, 5.41) is 2.93. The molecule has 2 amide bonds. The summed E-state index contributed by atoms with van der Waals surface area (Å²) < 4.78 is 6.60. The molecule has 1 aliphatic heterocycles. The Bertz CT molecular complexity index is 805. The van der Waals surface area contributed by atoms with Gasteiger partial charge in [0.25, 0.3) is 0 Å². The predicted molar refractivity (Wildman–Crippen MR) is 110 cm³/mol. The molecule has 0 radical (unpaired) electrons. The van der Waals surface area contributed by atoms with Crippen molar-refractivity contribution in [1.29, 1.82) is 0 Å². The highest BCUT2D eigenvalue weighted by molar-refractivity contribution is 14.1. The smallest absolute Gasteiger partial charge is 0.229 e. The lowest BCUT2D eigenvalue weighted by molar-refractivity contribution is -0.122. The van der Waals surface area contributed by atoms with E-state index in [-0.39, 0.29) is 30.3 Å². The normalized spacial score (nSPS) is 16.8. The second-order valence-electron chi connectivity index (χ2n) is 6.53. The maximum absolute atomic E-state index is 12.6. The second-order valence-corrected chi connectivity index (χ2v) is 7.70. The summed E-state index contributed by atoms with van der Waals surface area (Å²) in [6.45, 7) is 4.32. The SMILES string of the molecule is CC(C)Oc1ccc(N2C[C@H](C(=O)Nc3ccccc3I)CC2=O)cc1. The third-order valence-electron chi connectivity index (χ3n) is 4.15. The fourth-order valence-corrected chi connectivity index (χ4v) is 3.43. The minimum atomic E-state index is -0.356. The molecule has 2 aromatic carbocycles. The molecule has 0 bridgehead atoms. The van der Waals surface area contributed by atoms with Crippen LogP contribution in [0.15, 0.2) is 48.5 Å². The van der Waals surface area contributed by atoms with Crippen molar-refractivity contribution >= 4 is 45.8 Å². The van der Waals surface area contributed by atoms with Gasteiger partial charge in [-0.2, -0.15) is 0 Å². The van der Waals surface area contributed by atoms with Gasteiger partial charge in [0.1, 0.15) is 5.75 Å². The van der Waals surface area contributed by atoms with Gasteiger partial charge in [-0.15, -0.1) is 0 Å². The first-order valence-electron chi connectivity index (χ1n) is 8.56. The topological polar surface area (TPSA) is 58.6 Å². The summed E-state index contributed by atoms with van der Waals surface area (Å²) in [4.78, 5) is 26.6. The van der Waals surface area contributed by atoms with Crippen molar-refractivity contribution < 1.29 is 14.3 Å². The Hall–Kier alpha value is -2.09. The molecule has 5 nitrogen and oxygen atoms in total. The second kappa shape index (κ2) is 8.07. The van der Waals surface area contributed by atoms with Crippen LogP contribution in [-0.4, -0.2) is 24.5 Å². The Morgan fingerprint density at radius 1 is 1.19 bits per heavy atom. The van der Waals surface area contributed by atoms with E-state index in [0.717, 1.165) is 20.7 Å². The summed E-state index contributed by atoms with van der Waals surface area (Å²) in [7, 11) is 0. The van der Waals surface area contributed by atoms with Crippen LogP contribution in [0.5, 0.6) is 5.75 Å². The van der Waals surface area contributed by atoms with Crippen molar-refractivity contribution in [1.82, 2.24) is 0 Å². The predicted octanol–water partition coefficient (Wildman–Crippen LogP) is 4.07. The van der Waals surface area contributed by atoms with Crippen LogP contribution in [0.3, 0.4) is 0 Å². The minimum absolute atomic E-state index is 0.0366. The van der Waals surface area contributed by atoms with E-state index < -0.39 is 0 Å². The first-order valence-corrected chi connectivity index (χ1v) is 9.64. The molecule has 136 valence electrons. The van der Waals surface area contributed by atoms with Crippen molar-refractivity contribution in [3.8, 4) is 5.75 Å². The summed E-state index contributed by atoms with van der Waals surface area (Å²) in [6.07, 6.45) is 0.322. The van der Waals surface area contributed by atoms with E-state index in [1.807, 2.05) is 62.4 Å². The number of carbonyl (C=O) groups excluding carboxylic acids is 2. The quantitative estimate of drug-likeness (QED) is 0.679. The number of anilines is 2. The van der Waals surface area contributed by atoms with E-state index in [1.165, 1.54) is 0 Å². The van der Waals surface area contributed by atoms with E-state index >= 15 is 0 Å². The average molecular weight is 464 g/mol. The monoisotopic (exact) mass is 464 g/mol. The van der Waals surface area contributed by atoms with Crippen LogP contribution in [0, 0.1) is 9.49 Å². The summed E-state index contributed by atoms with van der Waals surface area (Å²) >= 11 is 2.18. The molecule has 2 aromatic rings. The zero-order valence-electron chi connectivity index (χ0n) is 14.7. The number of amides is 2. The molecule has 3 rings (SSSR count). The van der Waals surface area contributed by atoms with Gasteiger partial charge < -0.3 is 15.0 Å². The molecule has 0 spiro atoms. The first kappa shape index (κ1) is 18.7. The first-order chi connectivity index (χ1) is 12.4. The molecule has 0 aliphatic carbocycles. The molecule has 26 heavy (non-hydrogen) atoms. The third-order valence-corrected chi connectivity index (χ3v) is 5.09. The fraction of sp³-hybridized carbons (Fsp3) is 0.300. The maximum Gasteiger partial charge on any atom is 0.229 e. The van der Waals surface area contributed by atoms with Crippen molar-refractivity contribution in [2.75, 3.05) is 16.8 Å². The molecule has 1 atom stereocenters. The maximum atomic E-state index is 12.6. The van der Waals surface area contributed by atoms with Gasteiger partial charge in [0.05, 0.1) is 17.7 Å². The Balaban J connectivity index is 1.66. The molecular weight excluding hydrogens is 443 g/mol. The van der Waals surface area contributed by atoms with Gasteiger partial charge in [0, 0.05) is 22.2 Å². The van der Waals surface area contributed by atoms with Crippen molar-refractivity contribution in [3.63, 3.8) is 0 Å². The number of nitrogens with zero attached hydrogens (tertiary/aromatic N) is 1. The molecule has 0 unspecified atom stereocenters. The Morgan fingerprint density at radius 2 is 1.88 bits per heavy atom. The highest BCUT2D eigenvalue weighted by atomic mass is 127. The third kappa shape index (κ3) is 4.35. The van der Waals surface area contributed by atoms with Gasteiger partial charge >= 0.3 is 0 Å². The van der Waals surface area contributed by atoms with Crippen LogP contribution >= 0.6 is 22.6 Å². The van der Waals surface area contributed by atoms with Crippen LogP contribution in [-0.2, 0) is 9.59 Å². The Kier molecular flexibility index (Phi) is 5.80. The van der Waals surface area contributed by atoms with E-state index in [1.54, 1.807) is 4.90 Å². The van der Waals surface area contributed by atoms with Crippen LogP contribution in [0.25, 0.3) is 0 Å². The molecular formula is C20H21IN2O3. The van der Waals surface area contributed by atoms with Crippen molar-refractivity contribution in [2.45, 2.75) is 26.4 Å². The number of halogens is 1. The standard InChI is InChI=1S/C20H21IN2O3/c1-13(2)26-16-9-7-15(8-10-16)23-12-14(11-19(23)24)20(25)22-18-6-4-3-5-17(18)21/h3-10,13-14H,11-12H2,1-2H3,(H,22,25)/t14-/m1/s1. The lowest BCUT2D eigenvalue weighted by Crippen LogP contribution is -2.28. The van der Waals surface area contributed by atoms with E-state index in [4.69, 9.17) is 4.74 Å². The minimum Gasteiger partial charge on any atom is -0.491 e. The highest BCUT2D eigenvalue weighted by Crippen LogP contribution is 2.28. The van der Waals surface area contributed by atoms with Crippen LogP contribution < -0.4 is 15.0 Å². The zero-order valence-corrected chi connectivity index (χ0v) is 16.9. The number of hydrogen-bond donors (Lipinski definition) is 1. The van der Waals surface area contributed by atoms with Crippen molar-refractivity contribution in [3.05, 3.63) is 52.1 Å². The number of carbonyl (C=O) groups is 2. The molecule has 1 N–H and O–H groups in total. The molecule has 1 aliphatic rings. The van der Waals surface area contributed by atoms with Gasteiger partial charge in [-0.3, -0.25) is 9.59 Å². The largest absolute Gasteiger partial charge is 0.491 e. The zero-order chi connectivity index (χ0) is 18.7. The summed E-state index contributed by atoms with van der Waals surface area (Å²) in [6, 6.07) is 15.0. The number of rotatable bonds is 5. The van der Waals surface area contributed by atoms with E-state index in [9.17, 15) is 9.59 Å².